The molecule has 1 aromatic heterocycles. The molecule has 1 aliphatic heterocycles. The van der Waals surface area contributed by atoms with Crippen LogP contribution < -0.4 is 5.73 Å². The van der Waals surface area contributed by atoms with Crippen molar-refractivity contribution in [1.29, 1.82) is 0 Å². The second kappa shape index (κ2) is 8.52. The molecule has 142 valence electrons. The van der Waals surface area contributed by atoms with Crippen LogP contribution in [0.2, 0.25) is 0 Å². The van der Waals surface area contributed by atoms with Crippen molar-refractivity contribution >= 4 is 39.5 Å². The third kappa shape index (κ3) is 4.28. The highest BCUT2D eigenvalue weighted by Crippen LogP contribution is 2.29. The molecule has 0 aliphatic carbocycles. The molecule has 2 N–H and O–H groups in total. The van der Waals surface area contributed by atoms with Crippen molar-refractivity contribution in [3.05, 3.63) is 47.3 Å². The number of benzene rings is 1. The lowest BCUT2D eigenvalue weighted by Gasteiger charge is -2.33. The van der Waals surface area contributed by atoms with Crippen molar-refractivity contribution in [3.63, 3.8) is 0 Å². The van der Waals surface area contributed by atoms with Gasteiger partial charge in [-0.25, -0.2) is 8.42 Å². The zero-order valence-electron chi connectivity index (χ0n) is 14.5. The van der Waals surface area contributed by atoms with Crippen LogP contribution in [0.1, 0.15) is 29.4 Å². The highest BCUT2D eigenvalue weighted by Gasteiger charge is 2.27. The van der Waals surface area contributed by atoms with E-state index in [4.69, 9.17) is 5.73 Å². The fourth-order valence-electron chi connectivity index (χ4n) is 3.08. The van der Waals surface area contributed by atoms with Gasteiger partial charge in [0.05, 0.1) is 9.77 Å². The van der Waals surface area contributed by atoms with Crippen LogP contribution in [0.5, 0.6) is 0 Å². The van der Waals surface area contributed by atoms with Gasteiger partial charge in [-0.1, -0.05) is 18.2 Å². The number of thiophene rings is 1. The van der Waals surface area contributed by atoms with Crippen LogP contribution in [0.4, 0.5) is 0 Å². The summed E-state index contributed by atoms with van der Waals surface area (Å²) in [6.45, 7) is 3.34. The predicted molar refractivity (Wildman–Crippen MR) is 106 cm³/mol. The summed E-state index contributed by atoms with van der Waals surface area (Å²) in [5.74, 6) is 0.351. The van der Waals surface area contributed by atoms with Crippen LogP contribution >= 0.6 is 23.7 Å². The molecule has 1 aromatic carbocycles. The van der Waals surface area contributed by atoms with E-state index in [0.29, 0.717) is 23.9 Å². The fraction of sp³-hybridized carbons (Fsp3) is 0.389. The smallest absolute Gasteiger partial charge is 0.263 e. The van der Waals surface area contributed by atoms with Crippen LogP contribution in [0.3, 0.4) is 0 Å². The lowest BCUT2D eigenvalue weighted by Crippen LogP contribution is -2.42. The maximum atomic E-state index is 12.7. The fourth-order valence-corrected chi connectivity index (χ4v) is 5.78. The number of sulfone groups is 1. The highest BCUT2D eigenvalue weighted by molar-refractivity contribution is 7.93. The van der Waals surface area contributed by atoms with Gasteiger partial charge in [-0.2, -0.15) is 0 Å². The molecule has 1 saturated heterocycles. The monoisotopic (exact) mass is 414 g/mol. The lowest BCUT2D eigenvalue weighted by atomic mass is 9.91. The van der Waals surface area contributed by atoms with E-state index < -0.39 is 9.84 Å². The van der Waals surface area contributed by atoms with E-state index in [2.05, 4.69) is 0 Å². The number of halogens is 1. The van der Waals surface area contributed by atoms with Gasteiger partial charge in [0.2, 0.25) is 9.84 Å². The van der Waals surface area contributed by atoms with Gasteiger partial charge in [0.1, 0.15) is 4.21 Å². The van der Waals surface area contributed by atoms with Gasteiger partial charge in [0, 0.05) is 19.1 Å². The van der Waals surface area contributed by atoms with Gasteiger partial charge in [-0.15, -0.1) is 23.7 Å². The van der Waals surface area contributed by atoms with Gasteiger partial charge >= 0.3 is 0 Å². The zero-order valence-corrected chi connectivity index (χ0v) is 16.9. The molecule has 1 unspecified atom stereocenters. The summed E-state index contributed by atoms with van der Waals surface area (Å²) >= 11 is 1.04. The number of nitrogens with two attached hydrogens (primary N) is 1. The number of carbonyl (C=O) groups is 1. The predicted octanol–water partition coefficient (Wildman–Crippen LogP) is 3.20. The maximum absolute atomic E-state index is 12.7. The van der Waals surface area contributed by atoms with Crippen molar-refractivity contribution in [2.24, 2.45) is 11.7 Å². The summed E-state index contributed by atoms with van der Waals surface area (Å²) in [4.78, 5) is 15.2. The Bertz CT molecular complexity index is 842. The molecule has 0 radical (unpaired) electrons. The third-order valence-electron chi connectivity index (χ3n) is 4.68. The average Bonchev–Trinajstić information content (AvgIpc) is 3.13. The Balaban J connectivity index is 0.00000243. The summed E-state index contributed by atoms with van der Waals surface area (Å²) in [6.07, 6.45) is 1.79. The van der Waals surface area contributed by atoms with Crippen molar-refractivity contribution in [2.45, 2.75) is 34.9 Å². The molecule has 26 heavy (non-hydrogen) atoms. The average molecular weight is 415 g/mol. The van der Waals surface area contributed by atoms with Gasteiger partial charge < -0.3 is 10.6 Å². The number of likely N-dealkylation sites (tertiary alicyclic amines) is 1. The van der Waals surface area contributed by atoms with Crippen LogP contribution in [-0.4, -0.2) is 38.4 Å². The second-order valence-electron chi connectivity index (χ2n) is 6.42. The molecule has 1 atom stereocenters. The SMILES string of the molecule is CC(N)C1CCN(C(=O)c2ccc(S(=O)(=O)c3ccccc3)s2)CC1.Cl. The molecule has 5 nitrogen and oxygen atoms in total. The molecule has 2 heterocycles. The molecular weight excluding hydrogens is 392 g/mol. The van der Waals surface area contributed by atoms with E-state index in [0.717, 1.165) is 24.2 Å². The van der Waals surface area contributed by atoms with E-state index in [-0.39, 0.29) is 33.5 Å². The van der Waals surface area contributed by atoms with E-state index in [9.17, 15) is 13.2 Å². The minimum Gasteiger partial charge on any atom is -0.338 e. The quantitative estimate of drug-likeness (QED) is 0.832. The normalized spacial score (nSPS) is 16.8. The standard InChI is InChI=1S/C18H22N2O3S2.ClH/c1-13(19)14-9-11-20(12-10-14)18(21)16-7-8-17(24-16)25(22,23)15-5-3-2-4-6-15;/h2-8,13-14H,9-12,19H2,1H3;1H. The Morgan fingerprint density at radius 1 is 1.15 bits per heavy atom. The molecule has 0 bridgehead atoms. The highest BCUT2D eigenvalue weighted by atomic mass is 35.5. The molecule has 1 amide bonds. The first-order chi connectivity index (χ1) is 11.9. The molecule has 2 aromatic rings. The van der Waals surface area contributed by atoms with E-state index >= 15 is 0 Å². The molecular formula is C18H23ClN2O3S2. The number of nitrogens with zero attached hydrogens (tertiary/aromatic N) is 1. The summed E-state index contributed by atoms with van der Waals surface area (Å²) in [5, 5.41) is 0. The molecule has 0 saturated carbocycles. The number of carbonyl (C=O) groups excluding carboxylic acids is 1. The number of hydrogen-bond acceptors (Lipinski definition) is 5. The van der Waals surface area contributed by atoms with Crippen molar-refractivity contribution in [2.75, 3.05) is 13.1 Å². The minimum atomic E-state index is -3.57. The molecule has 8 heteroatoms. The first-order valence-electron chi connectivity index (χ1n) is 8.34. The Morgan fingerprint density at radius 2 is 1.77 bits per heavy atom. The molecule has 3 rings (SSSR count). The number of amides is 1. The van der Waals surface area contributed by atoms with Gasteiger partial charge in [-0.3, -0.25) is 4.79 Å². The summed E-state index contributed by atoms with van der Waals surface area (Å²) in [7, 11) is -3.57. The van der Waals surface area contributed by atoms with E-state index in [1.807, 2.05) is 6.92 Å². The summed E-state index contributed by atoms with van der Waals surface area (Å²) in [5.41, 5.74) is 5.94. The van der Waals surface area contributed by atoms with Crippen molar-refractivity contribution in [3.8, 4) is 0 Å². The molecule has 1 fully saturated rings. The number of piperidine rings is 1. The van der Waals surface area contributed by atoms with Crippen LogP contribution in [0.25, 0.3) is 0 Å². The zero-order chi connectivity index (χ0) is 18.0. The topological polar surface area (TPSA) is 80.5 Å². The van der Waals surface area contributed by atoms with Gasteiger partial charge in [0.25, 0.3) is 5.91 Å². The van der Waals surface area contributed by atoms with E-state index in [1.165, 1.54) is 6.07 Å². The number of hydrogen-bond donors (Lipinski definition) is 1. The minimum absolute atomic E-state index is 0. The number of rotatable bonds is 4. The van der Waals surface area contributed by atoms with Crippen LogP contribution in [0.15, 0.2) is 51.6 Å². The Labute approximate surface area is 164 Å². The summed E-state index contributed by atoms with van der Waals surface area (Å²) in [6, 6.07) is 11.6. The van der Waals surface area contributed by atoms with Gasteiger partial charge in [-0.05, 0) is 49.9 Å². The Hall–Kier alpha value is -1.41. The van der Waals surface area contributed by atoms with Crippen molar-refractivity contribution in [1.82, 2.24) is 4.90 Å². The van der Waals surface area contributed by atoms with Crippen molar-refractivity contribution < 1.29 is 13.2 Å². The van der Waals surface area contributed by atoms with E-state index in [1.54, 1.807) is 41.3 Å². The van der Waals surface area contributed by atoms with Crippen LogP contribution in [-0.2, 0) is 9.84 Å². The van der Waals surface area contributed by atoms with Crippen LogP contribution in [0, 0.1) is 5.92 Å². The largest absolute Gasteiger partial charge is 0.338 e. The first kappa shape index (κ1) is 20.9. The Morgan fingerprint density at radius 3 is 2.35 bits per heavy atom. The third-order valence-corrected chi connectivity index (χ3v) is 8.02. The molecule has 0 spiro atoms. The lowest BCUT2D eigenvalue weighted by molar-refractivity contribution is 0.0686. The first-order valence-corrected chi connectivity index (χ1v) is 10.6. The second-order valence-corrected chi connectivity index (χ2v) is 9.68. The van der Waals surface area contributed by atoms with Gasteiger partial charge in [0.15, 0.2) is 0 Å². The molecule has 1 aliphatic rings. The maximum Gasteiger partial charge on any atom is 0.263 e. The Kier molecular flexibility index (Phi) is 6.85. The summed E-state index contributed by atoms with van der Waals surface area (Å²) < 4.78 is 25.5.